The van der Waals surface area contributed by atoms with Crippen LogP contribution >= 0.6 is 0 Å². The third kappa shape index (κ3) is 4.80. The fourth-order valence-electron chi connectivity index (χ4n) is 7.52. The van der Waals surface area contributed by atoms with Gasteiger partial charge in [0, 0.05) is 11.1 Å². The van der Waals surface area contributed by atoms with Gasteiger partial charge >= 0.3 is 0 Å². The van der Waals surface area contributed by atoms with Gasteiger partial charge in [-0.2, -0.15) is 10.5 Å². The topological polar surface area (TPSA) is 56.9 Å². The monoisotopic (exact) mass is 652 g/mol. The maximum atomic E-state index is 10.5. The van der Waals surface area contributed by atoms with E-state index in [0.717, 1.165) is 43.8 Å². The zero-order chi connectivity index (χ0) is 34.1. The van der Waals surface area contributed by atoms with Crippen molar-refractivity contribution < 1.29 is 0 Å². The molecule has 0 amide bonds. The van der Waals surface area contributed by atoms with Crippen molar-refractivity contribution in [3.63, 3.8) is 0 Å². The molecule has 0 saturated carbocycles. The van der Waals surface area contributed by atoms with Gasteiger partial charge in [0.15, 0.2) is 13.8 Å². The molecule has 0 aliphatic heterocycles. The van der Waals surface area contributed by atoms with Crippen molar-refractivity contribution in [2.24, 2.45) is 0 Å². The van der Waals surface area contributed by atoms with Crippen LogP contribution in [0.15, 0.2) is 170 Å². The lowest BCUT2D eigenvalue weighted by Crippen LogP contribution is -2.75. The average molecular weight is 653 g/mol. The Balaban J connectivity index is 1.43. The second-order valence-electron chi connectivity index (χ2n) is 12.2. The van der Waals surface area contributed by atoms with E-state index < -0.39 is 8.07 Å². The first-order valence-electron chi connectivity index (χ1n) is 16.3. The smallest absolute Gasteiger partial charge is 0.188 e. The minimum absolute atomic E-state index is 0.558. The number of nitriles is 2. The van der Waals surface area contributed by atoms with E-state index >= 15 is 0 Å². The van der Waals surface area contributed by atoms with E-state index in [2.05, 4.69) is 125 Å². The summed E-state index contributed by atoms with van der Waals surface area (Å²) in [7, 11) is -3.07. The van der Waals surface area contributed by atoms with Gasteiger partial charge in [-0.1, -0.05) is 121 Å². The van der Waals surface area contributed by atoms with Crippen LogP contribution in [-0.4, -0.2) is 12.6 Å². The predicted octanol–water partition coefficient (Wildman–Crippen LogP) is 8.12. The van der Waals surface area contributed by atoms with Crippen LogP contribution in [0, 0.1) is 29.2 Å². The quantitative estimate of drug-likeness (QED) is 0.104. The molecule has 0 aliphatic rings. The van der Waals surface area contributed by atoms with Crippen molar-refractivity contribution in [3.8, 4) is 29.0 Å². The largest absolute Gasteiger partial charge is 0.309 e. The maximum Gasteiger partial charge on any atom is 0.188 e. The first-order valence-corrected chi connectivity index (χ1v) is 18.3. The summed E-state index contributed by atoms with van der Waals surface area (Å²) in [5.74, 6) is 0. The van der Waals surface area contributed by atoms with Gasteiger partial charge in [0.25, 0.3) is 0 Å². The van der Waals surface area contributed by atoms with Gasteiger partial charge in [0.05, 0.1) is 40.9 Å². The highest BCUT2D eigenvalue weighted by molar-refractivity contribution is 7.20. The number of hydrogen-bond donors (Lipinski definition) is 0. The molecule has 5 heteroatoms. The molecule has 1 aromatic heterocycles. The Bertz CT molecular complexity index is 2580. The highest BCUT2D eigenvalue weighted by Gasteiger charge is 2.44. The lowest BCUT2D eigenvalue weighted by Gasteiger charge is -2.36. The molecule has 0 saturated heterocycles. The minimum atomic E-state index is -3.07. The Kier molecular flexibility index (Phi) is 7.63. The molecule has 7 aromatic carbocycles. The summed E-state index contributed by atoms with van der Waals surface area (Å²) < 4.78 is 2.22. The molecule has 0 spiro atoms. The second-order valence-corrected chi connectivity index (χ2v) is 16.0. The molecule has 0 aliphatic carbocycles. The highest BCUT2D eigenvalue weighted by Crippen LogP contribution is 2.36. The molecule has 0 N–H and O–H groups in total. The van der Waals surface area contributed by atoms with Crippen molar-refractivity contribution in [1.29, 1.82) is 10.5 Å². The summed E-state index contributed by atoms with van der Waals surface area (Å²) in [6, 6.07) is 63.0. The van der Waals surface area contributed by atoms with Crippen LogP contribution in [-0.2, 0) is 0 Å². The molecular formula is C45H28N4Si. The number of fused-ring (bicyclic) bond motifs is 3. The SMILES string of the molecule is [C-]#[N+]c1ccc2c(c1)c1cc(C#N)ccc1n2-c1cccc(-c2ccccc2[Si](c2ccccc2)(c2ccccc2)c2ccccc2C#N)c1. The van der Waals surface area contributed by atoms with Crippen LogP contribution in [0.4, 0.5) is 5.69 Å². The lowest BCUT2D eigenvalue weighted by molar-refractivity contribution is 1.18. The van der Waals surface area contributed by atoms with Gasteiger partial charge in [0.2, 0.25) is 0 Å². The number of rotatable bonds is 6. The van der Waals surface area contributed by atoms with E-state index in [9.17, 15) is 10.5 Å². The van der Waals surface area contributed by atoms with Gasteiger partial charge in [0.1, 0.15) is 0 Å². The van der Waals surface area contributed by atoms with E-state index in [1.165, 1.54) is 15.6 Å². The standard InChI is InChI=1S/C45H28N4Si/c1-48-35-24-26-43-41(29-35)40-27-32(30-46)23-25-42(40)49(43)36-15-12-14-33(28-36)39-20-9-11-22-45(39)50(37-16-4-2-5-17-37,38-18-6-3-7-19-38)44-21-10-8-13-34(44)31-47/h2-29H. The number of hydrogen-bond acceptors (Lipinski definition) is 2. The van der Waals surface area contributed by atoms with Crippen LogP contribution in [0.3, 0.4) is 0 Å². The van der Waals surface area contributed by atoms with Crippen molar-refractivity contribution in [3.05, 3.63) is 192 Å². The lowest BCUT2D eigenvalue weighted by atomic mass is 10.0. The fraction of sp³-hybridized carbons (Fsp3) is 0. The van der Waals surface area contributed by atoms with Crippen molar-refractivity contribution in [2.75, 3.05) is 0 Å². The average Bonchev–Trinajstić information content (AvgIpc) is 3.52. The molecule has 0 atom stereocenters. The maximum absolute atomic E-state index is 10.5. The van der Waals surface area contributed by atoms with E-state index in [-0.39, 0.29) is 0 Å². The van der Waals surface area contributed by atoms with Gasteiger partial charge in [-0.15, -0.1) is 0 Å². The first-order chi connectivity index (χ1) is 24.7. The molecule has 0 radical (unpaired) electrons. The summed E-state index contributed by atoms with van der Waals surface area (Å²) >= 11 is 0. The molecule has 0 fully saturated rings. The summed E-state index contributed by atoms with van der Waals surface area (Å²) in [6.07, 6.45) is 0. The minimum Gasteiger partial charge on any atom is -0.309 e. The van der Waals surface area contributed by atoms with E-state index in [0.29, 0.717) is 16.8 Å². The Morgan fingerprint density at radius 1 is 0.540 bits per heavy atom. The number of aromatic nitrogens is 1. The Hall–Kier alpha value is -6.97. The summed E-state index contributed by atoms with van der Waals surface area (Å²) in [6.45, 7) is 7.63. The van der Waals surface area contributed by atoms with Gasteiger partial charge in [-0.05, 0) is 85.8 Å². The molecule has 50 heavy (non-hydrogen) atoms. The van der Waals surface area contributed by atoms with Crippen LogP contribution in [0.1, 0.15) is 11.1 Å². The Morgan fingerprint density at radius 2 is 1.16 bits per heavy atom. The van der Waals surface area contributed by atoms with Crippen LogP contribution in [0.25, 0.3) is 43.5 Å². The molecule has 8 aromatic rings. The van der Waals surface area contributed by atoms with Crippen molar-refractivity contribution in [1.82, 2.24) is 4.57 Å². The first kappa shape index (κ1) is 30.4. The van der Waals surface area contributed by atoms with E-state index in [4.69, 9.17) is 6.57 Å². The molecule has 0 bridgehead atoms. The molecule has 0 unspecified atom stereocenters. The van der Waals surface area contributed by atoms with E-state index in [1.54, 1.807) is 0 Å². The second kappa shape index (κ2) is 12.6. The summed E-state index contributed by atoms with van der Waals surface area (Å²) in [5.41, 5.74) is 6.87. The number of benzene rings is 7. The van der Waals surface area contributed by atoms with Crippen molar-refractivity contribution in [2.45, 2.75) is 0 Å². The molecule has 232 valence electrons. The Morgan fingerprint density at radius 3 is 1.84 bits per heavy atom. The van der Waals surface area contributed by atoms with Gasteiger partial charge < -0.3 is 4.57 Å². The normalized spacial score (nSPS) is 11.1. The summed E-state index contributed by atoms with van der Waals surface area (Å²) in [5, 5.41) is 26.7. The zero-order valence-electron chi connectivity index (χ0n) is 27.0. The van der Waals surface area contributed by atoms with E-state index in [1.807, 2.05) is 66.7 Å². The highest BCUT2D eigenvalue weighted by atomic mass is 28.3. The third-order valence-electron chi connectivity index (χ3n) is 9.62. The predicted molar refractivity (Wildman–Crippen MR) is 206 cm³/mol. The molecule has 8 rings (SSSR count). The third-order valence-corrected chi connectivity index (χ3v) is 14.5. The van der Waals surface area contributed by atoms with Crippen LogP contribution < -0.4 is 20.7 Å². The molecule has 1 heterocycles. The molecular weight excluding hydrogens is 625 g/mol. The van der Waals surface area contributed by atoms with Crippen LogP contribution in [0.2, 0.25) is 0 Å². The summed E-state index contributed by atoms with van der Waals surface area (Å²) in [4.78, 5) is 3.69. The molecule has 4 nitrogen and oxygen atoms in total. The van der Waals surface area contributed by atoms with Crippen molar-refractivity contribution >= 4 is 56.3 Å². The Labute approximate surface area is 291 Å². The van der Waals surface area contributed by atoms with Gasteiger partial charge in [-0.25, -0.2) is 4.85 Å². The van der Waals surface area contributed by atoms with Crippen LogP contribution in [0.5, 0.6) is 0 Å². The number of nitrogens with zero attached hydrogens (tertiary/aromatic N) is 4. The fourth-order valence-corrected chi connectivity index (χ4v) is 12.6. The zero-order valence-corrected chi connectivity index (χ0v) is 28.0. The van der Waals surface area contributed by atoms with Gasteiger partial charge in [-0.3, -0.25) is 0 Å².